The summed E-state index contributed by atoms with van der Waals surface area (Å²) in [5.74, 6) is 0. The van der Waals surface area contributed by atoms with E-state index in [-0.39, 0.29) is 0 Å². The SMILES string of the molecule is COCn1cccc1C=O. The molecule has 0 fully saturated rings. The number of nitrogens with zero attached hydrogens (tertiary/aromatic N) is 1. The molecule has 0 aromatic carbocycles. The second kappa shape index (κ2) is 3.17. The first-order chi connectivity index (χ1) is 4.88. The van der Waals surface area contributed by atoms with Crippen LogP contribution in [-0.4, -0.2) is 18.0 Å². The van der Waals surface area contributed by atoms with Gasteiger partial charge < -0.3 is 9.30 Å². The van der Waals surface area contributed by atoms with Gasteiger partial charge in [0.25, 0.3) is 0 Å². The Morgan fingerprint density at radius 1 is 1.80 bits per heavy atom. The van der Waals surface area contributed by atoms with Gasteiger partial charge in [0.15, 0.2) is 6.29 Å². The highest BCUT2D eigenvalue weighted by atomic mass is 16.5. The van der Waals surface area contributed by atoms with Crippen molar-refractivity contribution in [2.75, 3.05) is 7.11 Å². The van der Waals surface area contributed by atoms with E-state index in [0.717, 1.165) is 6.29 Å². The van der Waals surface area contributed by atoms with Crippen molar-refractivity contribution in [2.24, 2.45) is 0 Å². The highest BCUT2D eigenvalue weighted by Gasteiger charge is 1.95. The molecule has 0 bridgehead atoms. The van der Waals surface area contributed by atoms with Crippen molar-refractivity contribution >= 4 is 6.29 Å². The molecule has 0 amide bonds. The third-order valence-corrected chi connectivity index (χ3v) is 1.25. The predicted molar refractivity (Wildman–Crippen MR) is 36.8 cm³/mol. The van der Waals surface area contributed by atoms with Crippen molar-refractivity contribution in [3.8, 4) is 0 Å². The van der Waals surface area contributed by atoms with Crippen LogP contribution in [0.1, 0.15) is 10.5 Å². The van der Waals surface area contributed by atoms with Crippen LogP contribution in [0.2, 0.25) is 0 Å². The second-order valence-electron chi connectivity index (χ2n) is 1.94. The number of ether oxygens (including phenoxy) is 1. The first-order valence-corrected chi connectivity index (χ1v) is 2.97. The van der Waals surface area contributed by atoms with Crippen LogP contribution in [-0.2, 0) is 11.5 Å². The number of methoxy groups -OCH3 is 1. The molecule has 10 heavy (non-hydrogen) atoms. The highest BCUT2D eigenvalue weighted by Crippen LogP contribution is 1.97. The molecule has 0 aliphatic rings. The Bertz CT molecular complexity index is 217. The summed E-state index contributed by atoms with van der Waals surface area (Å²) in [6.45, 7) is 0.432. The van der Waals surface area contributed by atoms with E-state index in [0.29, 0.717) is 12.4 Å². The summed E-state index contributed by atoms with van der Waals surface area (Å²) in [7, 11) is 1.59. The molecular formula is C7H9NO2. The predicted octanol–water partition coefficient (Wildman–Crippen LogP) is 0.905. The van der Waals surface area contributed by atoms with Crippen LogP contribution in [0.4, 0.5) is 0 Å². The van der Waals surface area contributed by atoms with Crippen molar-refractivity contribution in [3.05, 3.63) is 24.0 Å². The van der Waals surface area contributed by atoms with E-state index in [1.807, 2.05) is 6.07 Å². The summed E-state index contributed by atoms with van der Waals surface area (Å²) in [6, 6.07) is 3.55. The maximum absolute atomic E-state index is 10.3. The molecule has 3 heteroatoms. The Balaban J connectivity index is 2.79. The van der Waals surface area contributed by atoms with Gasteiger partial charge in [-0.3, -0.25) is 4.79 Å². The van der Waals surface area contributed by atoms with Gasteiger partial charge in [-0.1, -0.05) is 0 Å². The number of hydrogen-bond acceptors (Lipinski definition) is 2. The van der Waals surface area contributed by atoms with Crippen molar-refractivity contribution in [1.29, 1.82) is 0 Å². The topological polar surface area (TPSA) is 31.2 Å². The van der Waals surface area contributed by atoms with Crippen molar-refractivity contribution in [1.82, 2.24) is 4.57 Å². The monoisotopic (exact) mass is 139 g/mol. The lowest BCUT2D eigenvalue weighted by atomic mass is 10.5. The molecule has 0 radical (unpaired) electrons. The first kappa shape index (κ1) is 7.02. The third-order valence-electron chi connectivity index (χ3n) is 1.25. The van der Waals surface area contributed by atoms with Crippen LogP contribution in [0.25, 0.3) is 0 Å². The Kier molecular flexibility index (Phi) is 2.23. The molecule has 1 aromatic heterocycles. The van der Waals surface area contributed by atoms with Gasteiger partial charge in [-0.2, -0.15) is 0 Å². The number of aldehydes is 1. The number of aromatic nitrogens is 1. The maximum Gasteiger partial charge on any atom is 0.166 e. The summed E-state index contributed by atoms with van der Waals surface area (Å²) in [5.41, 5.74) is 0.641. The van der Waals surface area contributed by atoms with Gasteiger partial charge in [0.1, 0.15) is 6.73 Å². The zero-order chi connectivity index (χ0) is 7.40. The zero-order valence-corrected chi connectivity index (χ0v) is 5.78. The molecule has 0 saturated heterocycles. The van der Waals surface area contributed by atoms with Gasteiger partial charge in [-0.25, -0.2) is 0 Å². The second-order valence-corrected chi connectivity index (χ2v) is 1.94. The summed E-state index contributed by atoms with van der Waals surface area (Å²) in [6.07, 6.45) is 2.60. The fraction of sp³-hybridized carbons (Fsp3) is 0.286. The van der Waals surface area contributed by atoms with Gasteiger partial charge in [0, 0.05) is 13.3 Å². The molecular weight excluding hydrogens is 130 g/mol. The third kappa shape index (κ3) is 1.25. The van der Waals surface area contributed by atoms with Crippen LogP contribution < -0.4 is 0 Å². The summed E-state index contributed by atoms with van der Waals surface area (Å²) in [4.78, 5) is 10.3. The lowest BCUT2D eigenvalue weighted by molar-refractivity contribution is 0.107. The smallest absolute Gasteiger partial charge is 0.166 e. The fourth-order valence-corrected chi connectivity index (χ4v) is 0.791. The summed E-state index contributed by atoms with van der Waals surface area (Å²) in [5, 5.41) is 0. The van der Waals surface area contributed by atoms with Crippen molar-refractivity contribution in [2.45, 2.75) is 6.73 Å². The number of rotatable bonds is 3. The molecule has 0 aliphatic heterocycles. The average molecular weight is 139 g/mol. The van der Waals surface area contributed by atoms with E-state index in [9.17, 15) is 4.79 Å². The quantitative estimate of drug-likeness (QED) is 0.583. The largest absolute Gasteiger partial charge is 0.364 e. The van der Waals surface area contributed by atoms with Crippen LogP contribution in [0, 0.1) is 0 Å². The zero-order valence-electron chi connectivity index (χ0n) is 5.78. The average Bonchev–Trinajstić information content (AvgIpc) is 2.36. The summed E-state index contributed by atoms with van der Waals surface area (Å²) < 4.78 is 6.56. The summed E-state index contributed by atoms with van der Waals surface area (Å²) >= 11 is 0. The maximum atomic E-state index is 10.3. The minimum Gasteiger partial charge on any atom is -0.364 e. The standard InChI is InChI=1S/C7H9NO2/c1-10-6-8-4-2-3-7(8)5-9/h2-5H,6H2,1H3. The molecule has 1 aromatic rings. The normalized spacial score (nSPS) is 9.70. The molecule has 3 nitrogen and oxygen atoms in total. The van der Waals surface area contributed by atoms with Gasteiger partial charge in [-0.15, -0.1) is 0 Å². The van der Waals surface area contributed by atoms with Gasteiger partial charge in [0.2, 0.25) is 0 Å². The lowest BCUT2D eigenvalue weighted by Crippen LogP contribution is -2.01. The molecule has 54 valence electrons. The van der Waals surface area contributed by atoms with Gasteiger partial charge in [-0.05, 0) is 12.1 Å². The Hall–Kier alpha value is -1.09. The molecule has 0 unspecified atom stereocenters. The van der Waals surface area contributed by atoms with Crippen LogP contribution in [0.5, 0.6) is 0 Å². The fourth-order valence-electron chi connectivity index (χ4n) is 0.791. The van der Waals surface area contributed by atoms with Crippen molar-refractivity contribution in [3.63, 3.8) is 0 Å². The Labute approximate surface area is 59.2 Å². The molecule has 1 rings (SSSR count). The highest BCUT2D eigenvalue weighted by molar-refractivity contribution is 5.72. The van der Waals surface area contributed by atoms with Gasteiger partial charge in [0.05, 0.1) is 5.69 Å². The van der Waals surface area contributed by atoms with E-state index in [1.54, 1.807) is 23.9 Å². The molecule has 0 N–H and O–H groups in total. The Morgan fingerprint density at radius 3 is 3.20 bits per heavy atom. The van der Waals surface area contributed by atoms with E-state index in [1.165, 1.54) is 0 Å². The lowest BCUT2D eigenvalue weighted by Gasteiger charge is -2.00. The Morgan fingerprint density at radius 2 is 2.60 bits per heavy atom. The van der Waals surface area contributed by atoms with Crippen LogP contribution in [0.3, 0.4) is 0 Å². The molecule has 1 heterocycles. The van der Waals surface area contributed by atoms with Crippen LogP contribution >= 0.6 is 0 Å². The molecule has 0 saturated carbocycles. The molecule has 0 spiro atoms. The van der Waals surface area contributed by atoms with E-state index < -0.39 is 0 Å². The first-order valence-electron chi connectivity index (χ1n) is 2.97. The van der Waals surface area contributed by atoms with E-state index in [4.69, 9.17) is 4.74 Å². The number of carbonyl (C=O) groups excluding carboxylic acids is 1. The molecule has 0 aliphatic carbocycles. The minimum absolute atomic E-state index is 0.432. The minimum atomic E-state index is 0.432. The van der Waals surface area contributed by atoms with E-state index in [2.05, 4.69) is 0 Å². The van der Waals surface area contributed by atoms with Crippen molar-refractivity contribution < 1.29 is 9.53 Å². The van der Waals surface area contributed by atoms with Crippen LogP contribution in [0.15, 0.2) is 18.3 Å². The number of carbonyl (C=O) groups is 1. The number of hydrogen-bond donors (Lipinski definition) is 0. The van der Waals surface area contributed by atoms with E-state index >= 15 is 0 Å². The van der Waals surface area contributed by atoms with Gasteiger partial charge >= 0.3 is 0 Å². The molecule has 0 atom stereocenters.